The minimum absolute atomic E-state index is 0.00435. The molecule has 0 spiro atoms. The van der Waals surface area contributed by atoms with Crippen LogP contribution in [-0.4, -0.2) is 21.7 Å². The molecule has 4 N–H and O–H groups in total. The van der Waals surface area contributed by atoms with E-state index in [9.17, 15) is 9.90 Å². The van der Waals surface area contributed by atoms with Gasteiger partial charge in [-0.3, -0.25) is 4.79 Å². The van der Waals surface area contributed by atoms with E-state index in [1.807, 2.05) is 0 Å². The highest BCUT2D eigenvalue weighted by Crippen LogP contribution is 2.27. The van der Waals surface area contributed by atoms with Gasteiger partial charge in [0.05, 0.1) is 16.1 Å². The lowest BCUT2D eigenvalue weighted by Gasteiger charge is -2.18. The number of carbonyl (C=O) groups excluding carboxylic acids is 1. The van der Waals surface area contributed by atoms with Crippen molar-refractivity contribution in [1.29, 1.82) is 0 Å². The van der Waals surface area contributed by atoms with E-state index in [1.165, 1.54) is 6.20 Å². The van der Waals surface area contributed by atoms with Crippen molar-refractivity contribution >= 4 is 34.5 Å². The molecule has 2 rings (SSSR count). The number of aliphatic imine (C=N–C) groups is 1. The zero-order valence-electron chi connectivity index (χ0n) is 11.3. The van der Waals surface area contributed by atoms with Crippen molar-refractivity contribution in [2.24, 2.45) is 16.6 Å². The van der Waals surface area contributed by atoms with Crippen LogP contribution in [0.4, 0.5) is 5.69 Å². The molecule has 1 aliphatic heterocycles. The summed E-state index contributed by atoms with van der Waals surface area (Å²) in [5.41, 5.74) is 6.76. The molecule has 1 heterocycles. The second kappa shape index (κ2) is 5.77. The van der Waals surface area contributed by atoms with Crippen LogP contribution in [0.15, 0.2) is 35.0 Å². The molecule has 1 aromatic carbocycles. The Morgan fingerprint density at radius 2 is 2.29 bits per heavy atom. The van der Waals surface area contributed by atoms with Crippen LogP contribution in [0.25, 0.3) is 0 Å². The van der Waals surface area contributed by atoms with Crippen molar-refractivity contribution in [2.75, 3.05) is 5.32 Å². The molecule has 1 atom stereocenters. The Hall–Kier alpha value is -2.65. The van der Waals surface area contributed by atoms with E-state index < -0.39 is 11.8 Å². The summed E-state index contributed by atoms with van der Waals surface area (Å²) in [6.45, 7) is 1.73. The number of hydrogen-bond donors (Lipinski definition) is 3. The fourth-order valence-corrected chi connectivity index (χ4v) is 2.18. The van der Waals surface area contributed by atoms with E-state index in [0.717, 1.165) is 0 Å². The lowest BCUT2D eigenvalue weighted by molar-refractivity contribution is -0.112. The van der Waals surface area contributed by atoms with Gasteiger partial charge in [0, 0.05) is 6.20 Å². The number of aryl methyl sites for hydroxylation is 1. The van der Waals surface area contributed by atoms with Gasteiger partial charge in [-0.25, -0.2) is 4.99 Å². The number of phenolic OH excluding ortho intramolecular Hbond substituents is 1. The summed E-state index contributed by atoms with van der Waals surface area (Å²) in [5.74, 6) is 1.44. The molecule has 1 unspecified atom stereocenters. The second-order valence-electron chi connectivity index (χ2n) is 4.49. The number of amidine groups is 1. The molecule has 0 radical (unpaired) electrons. The van der Waals surface area contributed by atoms with Crippen molar-refractivity contribution < 1.29 is 9.90 Å². The van der Waals surface area contributed by atoms with E-state index in [2.05, 4.69) is 16.2 Å². The average Bonchev–Trinajstić information content (AvgIpc) is 2.44. The number of para-hydroxylation sites is 1. The van der Waals surface area contributed by atoms with Crippen molar-refractivity contribution in [3.63, 3.8) is 0 Å². The number of anilines is 1. The molecule has 0 aromatic heterocycles. The quantitative estimate of drug-likeness (QED) is 0.439. The minimum atomic E-state index is -0.670. The number of nitrogens with two attached hydrogens (primary N) is 1. The van der Waals surface area contributed by atoms with Gasteiger partial charge >= 0.3 is 0 Å². The number of nitrogens with one attached hydrogen (secondary N) is 1. The SMILES string of the molecule is C#CC1C(=S)C(C(=O)Nc2cccc(C)c2O)=CN=C1N. The van der Waals surface area contributed by atoms with Crippen LogP contribution in [0.3, 0.4) is 0 Å². The Balaban J connectivity index is 2.28. The van der Waals surface area contributed by atoms with E-state index in [4.69, 9.17) is 24.4 Å². The molecule has 0 fully saturated rings. The molecule has 6 heteroatoms. The third kappa shape index (κ3) is 2.78. The molecule has 0 aliphatic carbocycles. The van der Waals surface area contributed by atoms with Crippen LogP contribution in [-0.2, 0) is 4.79 Å². The lowest BCUT2D eigenvalue weighted by Crippen LogP contribution is -2.35. The second-order valence-corrected chi connectivity index (χ2v) is 4.93. The summed E-state index contributed by atoms with van der Waals surface area (Å²) in [5, 5.41) is 12.5. The summed E-state index contributed by atoms with van der Waals surface area (Å²) < 4.78 is 0. The van der Waals surface area contributed by atoms with Crippen LogP contribution in [0, 0.1) is 25.2 Å². The Kier molecular flexibility index (Phi) is 4.05. The molecular weight excluding hydrogens is 286 g/mol. The van der Waals surface area contributed by atoms with Crippen LogP contribution in [0.5, 0.6) is 5.75 Å². The highest BCUT2D eigenvalue weighted by atomic mass is 32.1. The van der Waals surface area contributed by atoms with Gasteiger partial charge in [-0.05, 0) is 18.6 Å². The summed E-state index contributed by atoms with van der Waals surface area (Å²) in [7, 11) is 0. The number of thiocarbonyl (C=S) groups is 1. The maximum Gasteiger partial charge on any atom is 0.258 e. The standard InChI is InChI=1S/C15H13N3O2S/c1-3-9-13(21)10(7-17-14(9)16)15(20)18-11-6-4-5-8(2)12(11)19/h1,4-7,9,19H,2H3,(H2,16,17)(H,18,20). The predicted octanol–water partition coefficient (Wildman–Crippen LogP) is 1.51. The van der Waals surface area contributed by atoms with E-state index in [0.29, 0.717) is 11.3 Å². The Morgan fingerprint density at radius 3 is 2.95 bits per heavy atom. The van der Waals surface area contributed by atoms with Crippen molar-refractivity contribution in [3.8, 4) is 18.1 Å². The van der Waals surface area contributed by atoms with Gasteiger partial charge in [0.1, 0.15) is 17.5 Å². The predicted molar refractivity (Wildman–Crippen MR) is 86.1 cm³/mol. The minimum Gasteiger partial charge on any atom is -0.505 e. The molecule has 1 aliphatic rings. The van der Waals surface area contributed by atoms with Crippen molar-refractivity contribution in [3.05, 3.63) is 35.5 Å². The van der Waals surface area contributed by atoms with Crippen LogP contribution in [0.2, 0.25) is 0 Å². The number of hydrogen-bond acceptors (Lipinski definition) is 5. The zero-order chi connectivity index (χ0) is 15.6. The number of benzene rings is 1. The van der Waals surface area contributed by atoms with Crippen LogP contribution < -0.4 is 11.1 Å². The number of carbonyl (C=O) groups is 1. The highest BCUT2D eigenvalue weighted by molar-refractivity contribution is 7.81. The first kappa shape index (κ1) is 14.8. The molecule has 1 amide bonds. The molecule has 0 bridgehead atoms. The number of rotatable bonds is 2. The van der Waals surface area contributed by atoms with Gasteiger partial charge in [-0.1, -0.05) is 30.3 Å². The summed E-state index contributed by atoms with van der Waals surface area (Å²) >= 11 is 5.18. The smallest absolute Gasteiger partial charge is 0.258 e. The highest BCUT2D eigenvalue weighted by Gasteiger charge is 2.27. The third-order valence-electron chi connectivity index (χ3n) is 3.06. The zero-order valence-corrected chi connectivity index (χ0v) is 12.1. The van der Waals surface area contributed by atoms with Gasteiger partial charge < -0.3 is 16.2 Å². The lowest BCUT2D eigenvalue weighted by atomic mass is 9.96. The van der Waals surface area contributed by atoms with E-state index in [1.54, 1.807) is 25.1 Å². The van der Waals surface area contributed by atoms with Crippen molar-refractivity contribution in [2.45, 2.75) is 6.92 Å². The molecule has 1 aromatic rings. The van der Waals surface area contributed by atoms with Crippen LogP contribution >= 0.6 is 12.2 Å². The van der Waals surface area contributed by atoms with Gasteiger partial charge in [0.15, 0.2) is 0 Å². The van der Waals surface area contributed by atoms with Gasteiger partial charge in [-0.15, -0.1) is 6.42 Å². The average molecular weight is 299 g/mol. The maximum absolute atomic E-state index is 12.3. The largest absolute Gasteiger partial charge is 0.505 e. The molecule has 0 saturated heterocycles. The first-order chi connectivity index (χ1) is 9.95. The van der Waals surface area contributed by atoms with Crippen LogP contribution in [0.1, 0.15) is 5.56 Å². The molecule has 106 valence electrons. The molecule has 5 nitrogen and oxygen atoms in total. The Bertz CT molecular complexity index is 729. The third-order valence-corrected chi connectivity index (χ3v) is 3.52. The Labute approximate surface area is 127 Å². The maximum atomic E-state index is 12.3. The first-order valence-electron chi connectivity index (χ1n) is 6.09. The first-order valence-corrected chi connectivity index (χ1v) is 6.50. The molecular formula is C15H13N3O2S. The van der Waals surface area contributed by atoms with Gasteiger partial charge in [0.25, 0.3) is 5.91 Å². The topological polar surface area (TPSA) is 87.7 Å². The number of amides is 1. The summed E-state index contributed by atoms with van der Waals surface area (Å²) in [6, 6.07) is 5.04. The van der Waals surface area contributed by atoms with Gasteiger partial charge in [0.2, 0.25) is 0 Å². The van der Waals surface area contributed by atoms with E-state index >= 15 is 0 Å². The number of nitrogens with zero attached hydrogens (tertiary/aromatic N) is 1. The fraction of sp³-hybridized carbons (Fsp3) is 0.133. The van der Waals surface area contributed by atoms with E-state index in [-0.39, 0.29) is 22.0 Å². The number of phenols is 1. The number of terminal acetylenes is 1. The van der Waals surface area contributed by atoms with Gasteiger partial charge in [-0.2, -0.15) is 0 Å². The molecule has 0 saturated carbocycles. The number of aromatic hydroxyl groups is 1. The molecule has 21 heavy (non-hydrogen) atoms. The van der Waals surface area contributed by atoms with Crippen molar-refractivity contribution in [1.82, 2.24) is 0 Å². The fourth-order valence-electron chi connectivity index (χ4n) is 1.85. The summed E-state index contributed by atoms with van der Waals surface area (Å²) in [4.78, 5) is 16.4. The normalized spacial score (nSPS) is 17.5. The monoisotopic (exact) mass is 299 g/mol. The summed E-state index contributed by atoms with van der Waals surface area (Å²) in [6.07, 6.45) is 6.63. The Morgan fingerprint density at radius 1 is 1.57 bits per heavy atom.